The fourth-order valence-corrected chi connectivity index (χ4v) is 3.86. The van der Waals surface area contributed by atoms with E-state index in [1.807, 2.05) is 52.9 Å². The van der Waals surface area contributed by atoms with Crippen molar-refractivity contribution in [1.82, 2.24) is 9.38 Å². The highest BCUT2D eigenvalue weighted by Gasteiger charge is 2.22. The molecule has 4 rings (SSSR count). The van der Waals surface area contributed by atoms with Crippen LogP contribution in [0.1, 0.15) is 17.3 Å². The summed E-state index contributed by atoms with van der Waals surface area (Å²) in [6.07, 6.45) is 1.76. The molecule has 0 fully saturated rings. The Morgan fingerprint density at radius 2 is 1.69 bits per heavy atom. The van der Waals surface area contributed by atoms with Gasteiger partial charge in [-0.3, -0.25) is 4.40 Å². The molecule has 29 heavy (non-hydrogen) atoms. The molecule has 2 aromatic heterocycles. The van der Waals surface area contributed by atoms with Gasteiger partial charge >= 0.3 is 5.97 Å². The summed E-state index contributed by atoms with van der Waals surface area (Å²) in [5.41, 5.74) is 4.23. The standard InChI is InChI=1S/C22H15Cl2IN2O2/c1-2-29-22(28)18-11-16(24)12-27-20(14-3-7-15(23)8-4-14)19(26-21(18)27)13-5-9-17(25)10-6-13/h3-12H,2H2,1H3. The minimum Gasteiger partial charge on any atom is -0.462 e. The van der Waals surface area contributed by atoms with E-state index in [0.717, 1.165) is 26.1 Å². The van der Waals surface area contributed by atoms with Crippen molar-refractivity contribution in [1.29, 1.82) is 0 Å². The van der Waals surface area contributed by atoms with E-state index in [-0.39, 0.29) is 6.61 Å². The first kappa shape index (κ1) is 20.2. The minimum absolute atomic E-state index is 0.270. The van der Waals surface area contributed by atoms with Crippen LogP contribution in [0.2, 0.25) is 10.0 Å². The molecule has 4 aromatic rings. The van der Waals surface area contributed by atoms with E-state index in [0.29, 0.717) is 21.3 Å². The number of carbonyl (C=O) groups excluding carboxylic acids is 1. The summed E-state index contributed by atoms with van der Waals surface area (Å²) in [5.74, 6) is -0.457. The van der Waals surface area contributed by atoms with Gasteiger partial charge in [-0.25, -0.2) is 9.78 Å². The van der Waals surface area contributed by atoms with E-state index in [4.69, 9.17) is 32.9 Å². The van der Waals surface area contributed by atoms with E-state index in [2.05, 4.69) is 22.6 Å². The smallest absolute Gasteiger partial charge is 0.341 e. The molecule has 0 saturated heterocycles. The van der Waals surface area contributed by atoms with Crippen LogP contribution in [-0.2, 0) is 4.74 Å². The molecule has 4 nitrogen and oxygen atoms in total. The van der Waals surface area contributed by atoms with Crippen LogP contribution >= 0.6 is 45.8 Å². The van der Waals surface area contributed by atoms with E-state index in [9.17, 15) is 4.79 Å². The van der Waals surface area contributed by atoms with Crippen LogP contribution in [0.5, 0.6) is 0 Å². The number of carbonyl (C=O) groups is 1. The normalized spacial score (nSPS) is 11.0. The van der Waals surface area contributed by atoms with Crippen LogP contribution in [0.25, 0.3) is 28.2 Å². The molecule has 2 heterocycles. The number of hydrogen-bond acceptors (Lipinski definition) is 3. The van der Waals surface area contributed by atoms with Gasteiger partial charge in [0.15, 0.2) is 5.65 Å². The third kappa shape index (κ3) is 3.99. The van der Waals surface area contributed by atoms with Crippen molar-refractivity contribution >= 4 is 57.4 Å². The molecule has 0 aliphatic carbocycles. The maximum Gasteiger partial charge on any atom is 0.341 e. The molecule has 0 atom stereocenters. The van der Waals surface area contributed by atoms with Crippen molar-refractivity contribution in [2.45, 2.75) is 6.92 Å². The van der Waals surface area contributed by atoms with Gasteiger partial charge in [0.1, 0.15) is 5.56 Å². The van der Waals surface area contributed by atoms with Gasteiger partial charge in [0.2, 0.25) is 0 Å². The zero-order chi connectivity index (χ0) is 20.5. The summed E-state index contributed by atoms with van der Waals surface area (Å²) < 4.78 is 8.18. The Bertz CT molecular complexity index is 1200. The molecular weight excluding hydrogens is 522 g/mol. The van der Waals surface area contributed by atoms with Crippen molar-refractivity contribution in [2.75, 3.05) is 6.61 Å². The SMILES string of the molecule is CCOC(=O)c1cc(Cl)cn2c(-c3ccc(Cl)cc3)c(-c3ccc(I)cc3)nc12. The van der Waals surface area contributed by atoms with Crippen molar-refractivity contribution in [3.8, 4) is 22.5 Å². The molecule has 0 N–H and O–H groups in total. The van der Waals surface area contributed by atoms with Gasteiger partial charge < -0.3 is 4.74 Å². The highest BCUT2D eigenvalue weighted by Crippen LogP contribution is 2.35. The number of fused-ring (bicyclic) bond motifs is 1. The number of halogens is 3. The lowest BCUT2D eigenvalue weighted by Crippen LogP contribution is -2.07. The summed E-state index contributed by atoms with van der Waals surface area (Å²) in [4.78, 5) is 17.4. The number of pyridine rings is 1. The molecule has 0 saturated carbocycles. The summed E-state index contributed by atoms with van der Waals surface area (Å²) >= 11 is 14.7. The maximum absolute atomic E-state index is 12.5. The Hall–Kier alpha value is -2.09. The van der Waals surface area contributed by atoms with E-state index < -0.39 is 5.97 Å². The fourth-order valence-electron chi connectivity index (χ4n) is 3.16. The Balaban J connectivity index is 2.06. The molecule has 0 aliphatic rings. The first-order valence-electron chi connectivity index (χ1n) is 8.88. The second-order valence-corrected chi connectivity index (χ2v) is 8.43. The maximum atomic E-state index is 12.5. The number of esters is 1. The number of imidazole rings is 1. The molecule has 0 spiro atoms. The summed E-state index contributed by atoms with van der Waals surface area (Å²) in [7, 11) is 0. The first-order chi connectivity index (χ1) is 14.0. The van der Waals surface area contributed by atoms with Crippen molar-refractivity contribution in [3.63, 3.8) is 0 Å². The van der Waals surface area contributed by atoms with Gasteiger partial charge in [-0.05, 0) is 59.8 Å². The van der Waals surface area contributed by atoms with Gasteiger partial charge in [-0.1, -0.05) is 47.5 Å². The lowest BCUT2D eigenvalue weighted by atomic mass is 10.1. The third-order valence-corrected chi connectivity index (χ3v) is 5.60. The lowest BCUT2D eigenvalue weighted by molar-refractivity contribution is 0.0528. The topological polar surface area (TPSA) is 43.6 Å². The van der Waals surface area contributed by atoms with Crippen molar-refractivity contribution in [2.24, 2.45) is 0 Å². The molecule has 2 aromatic carbocycles. The van der Waals surface area contributed by atoms with Crippen LogP contribution < -0.4 is 0 Å². The molecule has 0 radical (unpaired) electrons. The number of hydrogen-bond donors (Lipinski definition) is 0. The van der Waals surface area contributed by atoms with Gasteiger partial charge in [0.05, 0.1) is 23.0 Å². The fraction of sp³-hybridized carbons (Fsp3) is 0.0909. The molecule has 0 amide bonds. The predicted octanol–water partition coefficient (Wildman–Crippen LogP) is 6.76. The highest BCUT2D eigenvalue weighted by atomic mass is 127. The molecule has 146 valence electrons. The molecule has 7 heteroatoms. The highest BCUT2D eigenvalue weighted by molar-refractivity contribution is 14.1. The Labute approximate surface area is 191 Å². The van der Waals surface area contributed by atoms with Gasteiger partial charge in [-0.2, -0.15) is 0 Å². The first-order valence-corrected chi connectivity index (χ1v) is 10.7. The van der Waals surface area contributed by atoms with Gasteiger partial charge in [0, 0.05) is 25.9 Å². The molecule has 0 bridgehead atoms. The summed E-state index contributed by atoms with van der Waals surface area (Å²) in [6.45, 7) is 2.04. The number of benzene rings is 2. The zero-order valence-electron chi connectivity index (χ0n) is 15.3. The van der Waals surface area contributed by atoms with Crippen LogP contribution in [0.4, 0.5) is 0 Å². The number of nitrogens with zero attached hydrogens (tertiary/aromatic N) is 2. The van der Waals surface area contributed by atoms with E-state index >= 15 is 0 Å². The zero-order valence-corrected chi connectivity index (χ0v) is 19.0. The monoisotopic (exact) mass is 536 g/mol. The molecular formula is C22H15Cl2IN2O2. The van der Waals surface area contributed by atoms with Crippen molar-refractivity contribution < 1.29 is 9.53 Å². The van der Waals surface area contributed by atoms with Crippen LogP contribution in [-0.4, -0.2) is 22.0 Å². The quantitative estimate of drug-likeness (QED) is 0.214. The lowest BCUT2D eigenvalue weighted by Gasteiger charge is -2.08. The minimum atomic E-state index is -0.457. The number of rotatable bonds is 4. The second-order valence-electron chi connectivity index (χ2n) is 6.31. The Kier molecular flexibility index (Phi) is 5.81. The third-order valence-electron chi connectivity index (χ3n) is 4.42. The van der Waals surface area contributed by atoms with Crippen LogP contribution in [0.3, 0.4) is 0 Å². The van der Waals surface area contributed by atoms with Crippen molar-refractivity contribution in [3.05, 3.63) is 80.0 Å². The van der Waals surface area contributed by atoms with Crippen LogP contribution in [0, 0.1) is 3.57 Å². The molecule has 0 unspecified atom stereocenters. The number of aromatic nitrogens is 2. The Morgan fingerprint density at radius 3 is 2.34 bits per heavy atom. The van der Waals surface area contributed by atoms with Crippen LogP contribution in [0.15, 0.2) is 60.8 Å². The summed E-state index contributed by atoms with van der Waals surface area (Å²) in [5, 5.41) is 1.06. The van der Waals surface area contributed by atoms with Gasteiger partial charge in [0.25, 0.3) is 0 Å². The second kappa shape index (κ2) is 8.34. The van der Waals surface area contributed by atoms with Gasteiger partial charge in [-0.15, -0.1) is 0 Å². The van der Waals surface area contributed by atoms with E-state index in [1.54, 1.807) is 19.2 Å². The summed E-state index contributed by atoms with van der Waals surface area (Å²) in [6, 6.07) is 17.1. The van der Waals surface area contributed by atoms with E-state index in [1.165, 1.54) is 0 Å². The number of ether oxygens (including phenoxy) is 1. The predicted molar refractivity (Wildman–Crippen MR) is 125 cm³/mol. The average Bonchev–Trinajstić information content (AvgIpc) is 3.08. The average molecular weight is 537 g/mol. The largest absolute Gasteiger partial charge is 0.462 e. The Morgan fingerprint density at radius 1 is 1.03 bits per heavy atom. The molecule has 0 aliphatic heterocycles.